The van der Waals surface area contributed by atoms with Gasteiger partial charge in [0.15, 0.2) is 0 Å². The molecule has 1 aliphatic heterocycles. The van der Waals surface area contributed by atoms with Crippen LogP contribution in [-0.2, 0) is 4.74 Å². The quantitative estimate of drug-likeness (QED) is 0.280. The van der Waals surface area contributed by atoms with Crippen LogP contribution in [0.25, 0.3) is 10.4 Å². The summed E-state index contributed by atoms with van der Waals surface area (Å²) in [6, 6.07) is 0. The van der Waals surface area contributed by atoms with Crippen molar-refractivity contribution in [2.75, 3.05) is 6.61 Å². The van der Waals surface area contributed by atoms with Crippen LogP contribution in [0, 0.1) is 0 Å². The minimum atomic E-state index is -0.307. The van der Waals surface area contributed by atoms with Crippen molar-refractivity contribution >= 4 is 15.9 Å². The molecule has 0 aromatic carbocycles. The molecule has 0 aliphatic carbocycles. The summed E-state index contributed by atoms with van der Waals surface area (Å²) < 4.78 is 5.16. The molecular formula is C5H8BrN3O. The normalized spacial score (nSPS) is 32.9. The molecule has 56 valence electrons. The first kappa shape index (κ1) is 7.85. The molecular weight excluding hydrogens is 198 g/mol. The van der Waals surface area contributed by atoms with Gasteiger partial charge in [-0.3, -0.25) is 0 Å². The molecule has 0 N–H and O–H groups in total. The van der Waals surface area contributed by atoms with Gasteiger partial charge in [0.1, 0.15) is 6.23 Å². The van der Waals surface area contributed by atoms with Gasteiger partial charge in [0.2, 0.25) is 0 Å². The summed E-state index contributed by atoms with van der Waals surface area (Å²) in [5.74, 6) is 0. The van der Waals surface area contributed by atoms with E-state index in [1.807, 2.05) is 0 Å². The van der Waals surface area contributed by atoms with Gasteiger partial charge in [-0.05, 0) is 18.4 Å². The van der Waals surface area contributed by atoms with Gasteiger partial charge < -0.3 is 4.74 Å². The Balaban J connectivity index is 2.47. The molecule has 0 spiro atoms. The summed E-state index contributed by atoms with van der Waals surface area (Å²) in [6.07, 6.45) is 1.75. The second kappa shape index (κ2) is 3.81. The highest BCUT2D eigenvalue weighted by Gasteiger charge is 2.21. The Hall–Kier alpha value is -0.250. The third-order valence-electron chi connectivity index (χ3n) is 1.39. The molecule has 5 heteroatoms. The van der Waals surface area contributed by atoms with Gasteiger partial charge in [-0.1, -0.05) is 21.0 Å². The van der Waals surface area contributed by atoms with Crippen LogP contribution in [0.2, 0.25) is 0 Å². The van der Waals surface area contributed by atoms with Gasteiger partial charge >= 0.3 is 0 Å². The average Bonchev–Trinajstić information content (AvgIpc) is 1.94. The predicted octanol–water partition coefficient (Wildman–Crippen LogP) is 2.20. The second-order valence-electron chi connectivity index (χ2n) is 2.12. The van der Waals surface area contributed by atoms with E-state index >= 15 is 0 Å². The van der Waals surface area contributed by atoms with Crippen LogP contribution in [0.15, 0.2) is 5.11 Å². The molecule has 10 heavy (non-hydrogen) atoms. The van der Waals surface area contributed by atoms with E-state index in [4.69, 9.17) is 10.3 Å². The summed E-state index contributed by atoms with van der Waals surface area (Å²) in [6.45, 7) is 0.700. The van der Waals surface area contributed by atoms with Crippen LogP contribution in [0.5, 0.6) is 0 Å². The Morgan fingerprint density at radius 2 is 2.50 bits per heavy atom. The van der Waals surface area contributed by atoms with Crippen LogP contribution in [-0.4, -0.2) is 17.7 Å². The van der Waals surface area contributed by atoms with Crippen molar-refractivity contribution in [3.63, 3.8) is 0 Å². The summed E-state index contributed by atoms with van der Waals surface area (Å²) in [4.78, 5) is 2.87. The van der Waals surface area contributed by atoms with Gasteiger partial charge in [0, 0.05) is 16.3 Å². The van der Waals surface area contributed by atoms with Crippen LogP contribution in [0.4, 0.5) is 0 Å². The van der Waals surface area contributed by atoms with Crippen molar-refractivity contribution < 1.29 is 4.74 Å². The largest absolute Gasteiger partial charge is 0.371 e. The Morgan fingerprint density at radius 1 is 1.70 bits per heavy atom. The van der Waals surface area contributed by atoms with E-state index in [-0.39, 0.29) is 11.1 Å². The molecule has 1 rings (SSSR count). The first-order chi connectivity index (χ1) is 4.84. The van der Waals surface area contributed by atoms with E-state index in [9.17, 15) is 0 Å². The third-order valence-corrected chi connectivity index (χ3v) is 2.30. The zero-order valence-corrected chi connectivity index (χ0v) is 6.99. The summed E-state index contributed by atoms with van der Waals surface area (Å²) in [5, 5.41) is 3.48. The number of hydrogen-bond donors (Lipinski definition) is 0. The monoisotopic (exact) mass is 205 g/mol. The van der Waals surface area contributed by atoms with Crippen LogP contribution >= 0.6 is 15.9 Å². The zero-order chi connectivity index (χ0) is 7.40. The number of azide groups is 1. The maximum atomic E-state index is 8.09. The van der Waals surface area contributed by atoms with Crippen molar-refractivity contribution in [1.82, 2.24) is 0 Å². The third kappa shape index (κ3) is 1.87. The highest BCUT2D eigenvalue weighted by atomic mass is 79.9. The molecule has 1 saturated heterocycles. The van der Waals surface area contributed by atoms with Crippen molar-refractivity contribution in [3.8, 4) is 0 Å². The molecule has 0 saturated carbocycles. The Kier molecular flexibility index (Phi) is 2.99. The molecule has 0 aromatic heterocycles. The number of ether oxygens (including phenoxy) is 1. The molecule has 2 atom stereocenters. The minimum Gasteiger partial charge on any atom is -0.371 e. The predicted molar refractivity (Wildman–Crippen MR) is 40.8 cm³/mol. The van der Waals surface area contributed by atoms with E-state index in [2.05, 4.69) is 26.0 Å². The molecule has 1 fully saturated rings. The van der Waals surface area contributed by atoms with Gasteiger partial charge in [0.05, 0.1) is 0 Å². The summed E-state index contributed by atoms with van der Waals surface area (Å²) in [5.41, 5.74) is 8.09. The maximum Gasteiger partial charge on any atom is 0.148 e. The van der Waals surface area contributed by atoms with Crippen LogP contribution in [0.1, 0.15) is 12.8 Å². The first-order valence-electron chi connectivity index (χ1n) is 3.14. The minimum absolute atomic E-state index is 0.192. The molecule has 4 nitrogen and oxygen atoms in total. The summed E-state index contributed by atoms with van der Waals surface area (Å²) in [7, 11) is 0. The van der Waals surface area contributed by atoms with Crippen molar-refractivity contribution in [2.24, 2.45) is 5.11 Å². The fourth-order valence-electron chi connectivity index (χ4n) is 0.886. The lowest BCUT2D eigenvalue weighted by Gasteiger charge is -2.23. The SMILES string of the molecule is [N-]=[N+]=NC1OCCCC1Br. The van der Waals surface area contributed by atoms with E-state index < -0.39 is 0 Å². The highest BCUT2D eigenvalue weighted by molar-refractivity contribution is 9.09. The van der Waals surface area contributed by atoms with Gasteiger partial charge in [-0.25, -0.2) is 0 Å². The Labute approximate surface area is 67.3 Å². The maximum absolute atomic E-state index is 8.09. The average molecular weight is 206 g/mol. The van der Waals surface area contributed by atoms with E-state index in [0.717, 1.165) is 12.8 Å². The fraction of sp³-hybridized carbons (Fsp3) is 1.00. The number of rotatable bonds is 1. The Bertz CT molecular complexity index is 157. The van der Waals surface area contributed by atoms with E-state index in [0.29, 0.717) is 6.61 Å². The molecule has 0 radical (unpaired) electrons. The van der Waals surface area contributed by atoms with E-state index in [1.165, 1.54) is 0 Å². The lowest BCUT2D eigenvalue weighted by Crippen LogP contribution is -2.27. The smallest absolute Gasteiger partial charge is 0.148 e. The van der Waals surface area contributed by atoms with Crippen molar-refractivity contribution in [2.45, 2.75) is 23.9 Å². The number of nitrogens with zero attached hydrogens (tertiary/aromatic N) is 3. The van der Waals surface area contributed by atoms with Gasteiger partial charge in [0.25, 0.3) is 0 Å². The molecule has 1 aliphatic rings. The van der Waals surface area contributed by atoms with Gasteiger partial charge in [-0.2, -0.15) is 0 Å². The molecule has 2 unspecified atom stereocenters. The Morgan fingerprint density at radius 3 is 3.10 bits per heavy atom. The van der Waals surface area contributed by atoms with Gasteiger partial charge in [-0.15, -0.1) is 0 Å². The molecule has 0 aromatic rings. The van der Waals surface area contributed by atoms with Crippen LogP contribution < -0.4 is 0 Å². The van der Waals surface area contributed by atoms with Crippen molar-refractivity contribution in [3.05, 3.63) is 10.4 Å². The number of halogens is 1. The lowest BCUT2D eigenvalue weighted by molar-refractivity contribution is 0.0276. The number of alkyl halides is 1. The summed E-state index contributed by atoms with van der Waals surface area (Å²) >= 11 is 3.37. The lowest BCUT2D eigenvalue weighted by atomic mass is 10.2. The highest BCUT2D eigenvalue weighted by Crippen LogP contribution is 2.21. The zero-order valence-electron chi connectivity index (χ0n) is 5.40. The van der Waals surface area contributed by atoms with Crippen molar-refractivity contribution in [1.29, 1.82) is 0 Å². The van der Waals surface area contributed by atoms with Crippen LogP contribution in [0.3, 0.4) is 0 Å². The molecule has 0 amide bonds. The topological polar surface area (TPSA) is 58.0 Å². The fourth-order valence-corrected chi connectivity index (χ4v) is 1.47. The number of hydrogen-bond acceptors (Lipinski definition) is 2. The van der Waals surface area contributed by atoms with E-state index in [1.54, 1.807) is 0 Å². The standard InChI is InChI=1S/C5H8BrN3O/c6-4-2-1-3-10-5(4)8-9-7/h4-5H,1-3H2. The molecule has 0 bridgehead atoms. The first-order valence-corrected chi connectivity index (χ1v) is 4.06. The molecule has 1 heterocycles. The second-order valence-corrected chi connectivity index (χ2v) is 3.30.